The SMILES string of the molecule is Cc1[nH]nc(NC(=O)C2CCCN(c3ncccc3C(F)(F)F)C2)c1C#N. The van der Waals surface area contributed by atoms with Crippen LogP contribution in [0.2, 0.25) is 0 Å². The Morgan fingerprint density at radius 1 is 1.48 bits per heavy atom. The summed E-state index contributed by atoms with van der Waals surface area (Å²) in [6, 6.07) is 4.18. The Morgan fingerprint density at radius 2 is 2.26 bits per heavy atom. The lowest BCUT2D eigenvalue weighted by Gasteiger charge is -2.34. The van der Waals surface area contributed by atoms with Crippen molar-refractivity contribution in [3.63, 3.8) is 0 Å². The number of aromatic amines is 1. The number of nitrogens with zero attached hydrogens (tertiary/aromatic N) is 4. The minimum absolute atomic E-state index is 0.108. The predicted molar refractivity (Wildman–Crippen MR) is 90.8 cm³/mol. The number of anilines is 2. The van der Waals surface area contributed by atoms with Crippen LogP contribution in [0.1, 0.15) is 29.7 Å². The highest BCUT2D eigenvalue weighted by molar-refractivity contribution is 5.93. The van der Waals surface area contributed by atoms with E-state index < -0.39 is 17.7 Å². The van der Waals surface area contributed by atoms with Gasteiger partial charge in [0.1, 0.15) is 17.5 Å². The first-order valence-corrected chi connectivity index (χ1v) is 8.34. The summed E-state index contributed by atoms with van der Waals surface area (Å²) in [5, 5.41) is 18.2. The number of piperidine rings is 1. The number of H-pyrrole nitrogens is 1. The number of carbonyl (C=O) groups excluding carboxylic acids is 1. The van der Waals surface area contributed by atoms with Crippen LogP contribution in [-0.4, -0.2) is 34.2 Å². The van der Waals surface area contributed by atoms with Crippen molar-refractivity contribution < 1.29 is 18.0 Å². The van der Waals surface area contributed by atoms with Gasteiger partial charge in [-0.15, -0.1) is 0 Å². The number of aromatic nitrogens is 3. The first kappa shape index (κ1) is 18.7. The van der Waals surface area contributed by atoms with E-state index in [1.807, 2.05) is 6.07 Å². The van der Waals surface area contributed by atoms with Crippen molar-refractivity contribution >= 4 is 17.5 Å². The van der Waals surface area contributed by atoms with Crippen LogP contribution in [0, 0.1) is 24.2 Å². The molecule has 10 heteroatoms. The average molecular weight is 378 g/mol. The number of amides is 1. The van der Waals surface area contributed by atoms with Gasteiger partial charge in [0, 0.05) is 19.3 Å². The van der Waals surface area contributed by atoms with Crippen LogP contribution in [0.4, 0.5) is 24.8 Å². The molecule has 0 aromatic carbocycles. The maximum Gasteiger partial charge on any atom is 0.419 e. The molecule has 1 aliphatic rings. The van der Waals surface area contributed by atoms with Crippen molar-refractivity contribution in [2.45, 2.75) is 25.9 Å². The van der Waals surface area contributed by atoms with Gasteiger partial charge in [-0.3, -0.25) is 9.89 Å². The van der Waals surface area contributed by atoms with E-state index in [1.54, 1.807) is 6.92 Å². The number of aryl methyl sites for hydroxylation is 1. The molecular formula is C17H17F3N6O. The Labute approximate surface area is 153 Å². The summed E-state index contributed by atoms with van der Waals surface area (Å²) in [6.45, 7) is 2.15. The highest BCUT2D eigenvalue weighted by Crippen LogP contribution is 2.36. The van der Waals surface area contributed by atoms with E-state index in [0.717, 1.165) is 6.07 Å². The molecule has 1 unspecified atom stereocenters. The van der Waals surface area contributed by atoms with Gasteiger partial charge in [-0.25, -0.2) is 4.98 Å². The van der Waals surface area contributed by atoms with E-state index in [1.165, 1.54) is 17.2 Å². The van der Waals surface area contributed by atoms with Gasteiger partial charge in [-0.2, -0.15) is 23.5 Å². The van der Waals surface area contributed by atoms with E-state index in [0.29, 0.717) is 25.1 Å². The van der Waals surface area contributed by atoms with Gasteiger partial charge in [0.2, 0.25) is 5.91 Å². The maximum atomic E-state index is 13.2. The van der Waals surface area contributed by atoms with Crippen LogP contribution >= 0.6 is 0 Å². The zero-order valence-electron chi connectivity index (χ0n) is 14.5. The second-order valence-corrected chi connectivity index (χ2v) is 6.33. The second-order valence-electron chi connectivity index (χ2n) is 6.33. The lowest BCUT2D eigenvalue weighted by atomic mass is 9.96. The summed E-state index contributed by atoms with van der Waals surface area (Å²) in [7, 11) is 0. The monoisotopic (exact) mass is 378 g/mol. The smallest absolute Gasteiger partial charge is 0.355 e. The molecule has 1 aliphatic heterocycles. The van der Waals surface area contributed by atoms with Gasteiger partial charge in [0.25, 0.3) is 0 Å². The normalized spacial score (nSPS) is 17.4. The summed E-state index contributed by atoms with van der Waals surface area (Å²) < 4.78 is 39.7. The molecule has 2 aromatic heterocycles. The van der Waals surface area contributed by atoms with Crippen molar-refractivity contribution in [2.75, 3.05) is 23.3 Å². The molecule has 1 saturated heterocycles. The fourth-order valence-electron chi connectivity index (χ4n) is 3.13. The molecule has 1 fully saturated rings. The van der Waals surface area contributed by atoms with Crippen LogP contribution < -0.4 is 10.2 Å². The lowest BCUT2D eigenvalue weighted by molar-refractivity contribution is -0.137. The van der Waals surface area contributed by atoms with Gasteiger partial charge in [-0.1, -0.05) is 0 Å². The number of hydrogen-bond acceptors (Lipinski definition) is 5. The van der Waals surface area contributed by atoms with Crippen molar-refractivity contribution in [1.29, 1.82) is 5.26 Å². The number of alkyl halides is 3. The standard InChI is InChI=1S/C17H17F3N6O/c1-10-12(8-21)14(25-24-10)23-16(27)11-4-3-7-26(9-11)15-13(17(18,19)20)5-2-6-22-15/h2,5-6,11H,3-4,7,9H2,1H3,(H2,23,24,25,27). The van der Waals surface area contributed by atoms with Crippen LogP contribution in [0.25, 0.3) is 0 Å². The largest absolute Gasteiger partial charge is 0.419 e. The quantitative estimate of drug-likeness (QED) is 0.856. The van der Waals surface area contributed by atoms with Gasteiger partial charge >= 0.3 is 6.18 Å². The minimum atomic E-state index is -4.52. The summed E-state index contributed by atoms with van der Waals surface area (Å²) in [5.41, 5.74) is -0.0535. The molecule has 27 heavy (non-hydrogen) atoms. The third-order valence-corrected chi connectivity index (χ3v) is 4.48. The Morgan fingerprint density at radius 3 is 2.96 bits per heavy atom. The van der Waals surface area contributed by atoms with Gasteiger partial charge < -0.3 is 10.2 Å². The Hall–Kier alpha value is -3.09. The van der Waals surface area contributed by atoms with Gasteiger partial charge in [0.05, 0.1) is 17.2 Å². The number of nitrogens with one attached hydrogen (secondary N) is 2. The minimum Gasteiger partial charge on any atom is -0.355 e. The van der Waals surface area contributed by atoms with Crippen LogP contribution in [0.15, 0.2) is 18.3 Å². The summed E-state index contributed by atoms with van der Waals surface area (Å²) in [6.07, 6.45) is -2.13. The molecule has 1 amide bonds. The maximum absolute atomic E-state index is 13.2. The first-order valence-electron chi connectivity index (χ1n) is 8.34. The van der Waals surface area contributed by atoms with Crippen molar-refractivity contribution in [3.8, 4) is 6.07 Å². The first-order chi connectivity index (χ1) is 12.8. The molecule has 2 N–H and O–H groups in total. The lowest BCUT2D eigenvalue weighted by Crippen LogP contribution is -2.42. The number of hydrogen-bond donors (Lipinski definition) is 2. The molecule has 0 spiro atoms. The fourth-order valence-corrected chi connectivity index (χ4v) is 3.13. The fraction of sp³-hybridized carbons (Fsp3) is 0.412. The number of carbonyl (C=O) groups is 1. The third kappa shape index (κ3) is 3.86. The molecule has 7 nitrogen and oxygen atoms in total. The summed E-state index contributed by atoms with van der Waals surface area (Å²) in [4.78, 5) is 17.9. The van der Waals surface area contributed by atoms with E-state index in [2.05, 4.69) is 20.5 Å². The van der Waals surface area contributed by atoms with Crippen LogP contribution in [-0.2, 0) is 11.0 Å². The van der Waals surface area contributed by atoms with E-state index in [9.17, 15) is 18.0 Å². The van der Waals surface area contributed by atoms with Crippen molar-refractivity contribution in [3.05, 3.63) is 35.2 Å². The zero-order chi connectivity index (χ0) is 19.6. The van der Waals surface area contributed by atoms with E-state index >= 15 is 0 Å². The molecule has 3 heterocycles. The summed E-state index contributed by atoms with van der Waals surface area (Å²) in [5.74, 6) is -0.959. The van der Waals surface area contributed by atoms with Gasteiger partial charge in [0.15, 0.2) is 5.82 Å². The topological polar surface area (TPSA) is 97.7 Å². The highest BCUT2D eigenvalue weighted by Gasteiger charge is 2.37. The van der Waals surface area contributed by atoms with Crippen LogP contribution in [0.3, 0.4) is 0 Å². The van der Waals surface area contributed by atoms with Crippen molar-refractivity contribution in [1.82, 2.24) is 15.2 Å². The average Bonchev–Trinajstić information content (AvgIpc) is 3.00. The Kier molecular flexibility index (Phi) is 5.03. The van der Waals surface area contributed by atoms with Gasteiger partial charge in [-0.05, 0) is 31.9 Å². The van der Waals surface area contributed by atoms with E-state index in [4.69, 9.17) is 5.26 Å². The number of pyridine rings is 1. The molecule has 0 bridgehead atoms. The van der Waals surface area contributed by atoms with E-state index in [-0.39, 0.29) is 29.7 Å². The number of rotatable bonds is 3. The molecular weight excluding hydrogens is 361 g/mol. The zero-order valence-corrected chi connectivity index (χ0v) is 14.5. The highest BCUT2D eigenvalue weighted by atomic mass is 19.4. The predicted octanol–water partition coefficient (Wildman–Crippen LogP) is 2.86. The van der Waals surface area contributed by atoms with Crippen molar-refractivity contribution in [2.24, 2.45) is 5.92 Å². The molecule has 142 valence electrons. The molecule has 1 atom stereocenters. The third-order valence-electron chi connectivity index (χ3n) is 4.48. The molecule has 3 rings (SSSR count). The molecule has 0 radical (unpaired) electrons. The second kappa shape index (κ2) is 7.26. The number of nitriles is 1. The molecule has 0 aliphatic carbocycles. The number of halogens is 3. The molecule has 2 aromatic rings. The Balaban J connectivity index is 1.77. The summed E-state index contributed by atoms with van der Waals surface area (Å²) >= 11 is 0. The molecule has 0 saturated carbocycles. The van der Waals surface area contributed by atoms with Crippen LogP contribution in [0.5, 0.6) is 0 Å². The Bertz CT molecular complexity index is 886.